The molecule has 1 unspecified atom stereocenters. The Bertz CT molecular complexity index is 645. The summed E-state index contributed by atoms with van der Waals surface area (Å²) in [5.41, 5.74) is 2.02. The normalized spacial score (nSPS) is 13.2. The lowest BCUT2D eigenvalue weighted by Gasteiger charge is -2.11. The third-order valence-electron chi connectivity index (χ3n) is 3.23. The summed E-state index contributed by atoms with van der Waals surface area (Å²) in [5.74, 6) is 5.87. The molecule has 0 saturated carbocycles. The average Bonchev–Trinajstić information content (AvgIpc) is 2.46. The van der Waals surface area contributed by atoms with Crippen molar-refractivity contribution in [1.82, 2.24) is 0 Å². The fourth-order valence-electron chi connectivity index (χ4n) is 1.72. The molecule has 1 N–H and O–H groups in total. The van der Waals surface area contributed by atoms with Crippen molar-refractivity contribution in [2.24, 2.45) is 0 Å². The van der Waals surface area contributed by atoms with E-state index in [4.69, 9.17) is 11.6 Å². The minimum Gasteiger partial charge on any atom is -0.378 e. The van der Waals surface area contributed by atoms with Crippen molar-refractivity contribution >= 4 is 11.6 Å². The van der Waals surface area contributed by atoms with Gasteiger partial charge in [0.25, 0.3) is 0 Å². The Kier molecular flexibility index (Phi) is 4.49. The quantitative estimate of drug-likeness (QED) is 0.804. The van der Waals surface area contributed by atoms with Gasteiger partial charge in [-0.05, 0) is 37.1 Å². The van der Waals surface area contributed by atoms with Crippen LogP contribution in [0.5, 0.6) is 0 Å². The van der Waals surface area contributed by atoms with Gasteiger partial charge in [0, 0.05) is 16.1 Å². The molecule has 0 heterocycles. The standard InChI is InChI=1S/C18H17ClO/c1-3-18(2,20)13-12-14-8-10-15(11-9-14)16-6-4-5-7-17(16)19/h4-11,20H,3H2,1-2H3. The minimum absolute atomic E-state index is 0.609. The first kappa shape index (κ1) is 14.7. The zero-order valence-electron chi connectivity index (χ0n) is 11.7. The zero-order chi connectivity index (χ0) is 14.6. The monoisotopic (exact) mass is 284 g/mol. The van der Waals surface area contributed by atoms with Crippen LogP contribution >= 0.6 is 11.6 Å². The van der Waals surface area contributed by atoms with E-state index in [9.17, 15) is 5.11 Å². The summed E-state index contributed by atoms with van der Waals surface area (Å²) in [4.78, 5) is 0. The lowest BCUT2D eigenvalue weighted by molar-refractivity contribution is 0.118. The lowest BCUT2D eigenvalue weighted by Crippen LogP contribution is -2.19. The molecule has 0 amide bonds. The highest BCUT2D eigenvalue weighted by Gasteiger charge is 2.12. The smallest absolute Gasteiger partial charge is 0.122 e. The Morgan fingerprint density at radius 3 is 2.35 bits per heavy atom. The van der Waals surface area contributed by atoms with Gasteiger partial charge < -0.3 is 5.11 Å². The molecule has 0 fully saturated rings. The van der Waals surface area contributed by atoms with Crippen LogP contribution in [-0.4, -0.2) is 10.7 Å². The largest absolute Gasteiger partial charge is 0.378 e. The van der Waals surface area contributed by atoms with Gasteiger partial charge in [-0.15, -0.1) is 0 Å². The van der Waals surface area contributed by atoms with Crippen molar-refractivity contribution in [3.05, 3.63) is 59.1 Å². The molecule has 0 bridgehead atoms. The minimum atomic E-state index is -0.929. The molecule has 0 aliphatic heterocycles. The Hall–Kier alpha value is -1.75. The van der Waals surface area contributed by atoms with Crippen molar-refractivity contribution in [2.75, 3.05) is 0 Å². The SMILES string of the molecule is CCC(C)(O)C#Cc1ccc(-c2ccccc2Cl)cc1. The van der Waals surface area contributed by atoms with Crippen LogP contribution in [0.1, 0.15) is 25.8 Å². The van der Waals surface area contributed by atoms with Gasteiger partial charge in [-0.3, -0.25) is 0 Å². The van der Waals surface area contributed by atoms with E-state index in [1.165, 1.54) is 0 Å². The van der Waals surface area contributed by atoms with Gasteiger partial charge in [-0.25, -0.2) is 0 Å². The van der Waals surface area contributed by atoms with Crippen LogP contribution in [0.3, 0.4) is 0 Å². The number of aliphatic hydroxyl groups is 1. The number of halogens is 1. The fourth-order valence-corrected chi connectivity index (χ4v) is 1.97. The summed E-state index contributed by atoms with van der Waals surface area (Å²) in [6.07, 6.45) is 0.609. The van der Waals surface area contributed by atoms with Crippen LogP contribution in [0.2, 0.25) is 5.02 Å². The third-order valence-corrected chi connectivity index (χ3v) is 3.56. The molecule has 1 atom stereocenters. The van der Waals surface area contributed by atoms with Gasteiger partial charge in [0.15, 0.2) is 0 Å². The van der Waals surface area contributed by atoms with Crippen molar-refractivity contribution in [3.63, 3.8) is 0 Å². The van der Waals surface area contributed by atoms with Gasteiger partial charge in [0.05, 0.1) is 0 Å². The number of benzene rings is 2. The molecular weight excluding hydrogens is 268 g/mol. The second kappa shape index (κ2) is 6.13. The van der Waals surface area contributed by atoms with Gasteiger partial charge in [0.2, 0.25) is 0 Å². The van der Waals surface area contributed by atoms with E-state index < -0.39 is 5.60 Å². The van der Waals surface area contributed by atoms with Gasteiger partial charge in [-0.1, -0.05) is 60.7 Å². The van der Waals surface area contributed by atoms with Crippen LogP contribution in [-0.2, 0) is 0 Å². The maximum absolute atomic E-state index is 9.86. The molecule has 0 aliphatic rings. The molecule has 0 saturated heterocycles. The number of hydrogen-bond acceptors (Lipinski definition) is 1. The summed E-state index contributed by atoms with van der Waals surface area (Å²) >= 11 is 6.18. The maximum atomic E-state index is 9.86. The summed E-state index contributed by atoms with van der Waals surface area (Å²) in [7, 11) is 0. The highest BCUT2D eigenvalue weighted by molar-refractivity contribution is 6.33. The van der Waals surface area contributed by atoms with Crippen LogP contribution < -0.4 is 0 Å². The summed E-state index contributed by atoms with van der Waals surface area (Å²) in [5, 5.41) is 10.6. The predicted molar refractivity (Wildman–Crippen MR) is 84.7 cm³/mol. The van der Waals surface area contributed by atoms with E-state index in [2.05, 4.69) is 11.8 Å². The van der Waals surface area contributed by atoms with E-state index in [0.717, 1.165) is 21.7 Å². The first-order valence-corrected chi connectivity index (χ1v) is 7.00. The topological polar surface area (TPSA) is 20.2 Å². The van der Waals surface area contributed by atoms with Crippen molar-refractivity contribution in [2.45, 2.75) is 25.9 Å². The molecule has 2 heteroatoms. The first-order valence-electron chi connectivity index (χ1n) is 6.62. The van der Waals surface area contributed by atoms with E-state index in [1.807, 2.05) is 55.5 Å². The lowest BCUT2D eigenvalue weighted by atomic mass is 10.0. The highest BCUT2D eigenvalue weighted by Crippen LogP contribution is 2.27. The van der Waals surface area contributed by atoms with Crippen molar-refractivity contribution < 1.29 is 5.11 Å². The molecule has 102 valence electrons. The maximum Gasteiger partial charge on any atom is 0.122 e. The zero-order valence-corrected chi connectivity index (χ0v) is 12.4. The summed E-state index contributed by atoms with van der Waals surface area (Å²) in [6.45, 7) is 3.63. The summed E-state index contributed by atoms with van der Waals surface area (Å²) in [6, 6.07) is 15.6. The molecule has 2 aromatic rings. The number of rotatable bonds is 2. The Morgan fingerprint density at radius 2 is 1.75 bits per heavy atom. The van der Waals surface area contributed by atoms with Gasteiger partial charge in [0.1, 0.15) is 5.60 Å². The van der Waals surface area contributed by atoms with Gasteiger partial charge >= 0.3 is 0 Å². The molecule has 2 rings (SSSR count). The molecule has 0 aliphatic carbocycles. The second-order valence-corrected chi connectivity index (χ2v) is 5.34. The fraction of sp³-hybridized carbons (Fsp3) is 0.222. The van der Waals surface area contributed by atoms with E-state index in [-0.39, 0.29) is 0 Å². The average molecular weight is 285 g/mol. The first-order chi connectivity index (χ1) is 9.52. The molecule has 0 spiro atoms. The Labute approximate surface area is 125 Å². The van der Waals surface area contributed by atoms with E-state index in [0.29, 0.717) is 6.42 Å². The third kappa shape index (κ3) is 3.63. The van der Waals surface area contributed by atoms with Crippen molar-refractivity contribution in [1.29, 1.82) is 0 Å². The summed E-state index contributed by atoms with van der Waals surface area (Å²) < 4.78 is 0. The molecule has 20 heavy (non-hydrogen) atoms. The molecule has 1 nitrogen and oxygen atoms in total. The van der Waals surface area contributed by atoms with Crippen LogP contribution in [0, 0.1) is 11.8 Å². The molecule has 0 aromatic heterocycles. The Balaban J connectivity index is 2.26. The highest BCUT2D eigenvalue weighted by atomic mass is 35.5. The predicted octanol–water partition coefficient (Wildman–Crippen LogP) is 4.52. The van der Waals surface area contributed by atoms with Crippen LogP contribution in [0.25, 0.3) is 11.1 Å². The number of hydrogen-bond donors (Lipinski definition) is 1. The van der Waals surface area contributed by atoms with Gasteiger partial charge in [-0.2, -0.15) is 0 Å². The van der Waals surface area contributed by atoms with Crippen LogP contribution in [0.4, 0.5) is 0 Å². The second-order valence-electron chi connectivity index (χ2n) is 4.93. The molecule has 2 aromatic carbocycles. The van der Waals surface area contributed by atoms with E-state index in [1.54, 1.807) is 6.92 Å². The van der Waals surface area contributed by atoms with Crippen LogP contribution in [0.15, 0.2) is 48.5 Å². The Morgan fingerprint density at radius 1 is 1.10 bits per heavy atom. The van der Waals surface area contributed by atoms with E-state index >= 15 is 0 Å². The van der Waals surface area contributed by atoms with Crippen molar-refractivity contribution in [3.8, 4) is 23.0 Å². The molecular formula is C18H17ClO. The molecule has 0 radical (unpaired) electrons.